The Bertz CT molecular complexity index is 325. The summed E-state index contributed by atoms with van der Waals surface area (Å²) >= 11 is 15.5. The van der Waals surface area contributed by atoms with Crippen molar-refractivity contribution in [3.8, 4) is 0 Å². The molecule has 1 rings (SSSR count). The molecule has 0 saturated carbocycles. The van der Waals surface area contributed by atoms with E-state index >= 15 is 0 Å². The highest BCUT2D eigenvalue weighted by molar-refractivity contribution is 7.81. The van der Waals surface area contributed by atoms with E-state index in [-0.39, 0.29) is 11.5 Å². The Hall–Kier alpha value is -0.180. The van der Waals surface area contributed by atoms with E-state index in [9.17, 15) is 4.79 Å². The molecule has 0 amide bonds. The zero-order valence-electron chi connectivity index (χ0n) is 6.76. The van der Waals surface area contributed by atoms with Crippen LogP contribution >= 0.6 is 35.8 Å². The van der Waals surface area contributed by atoms with Gasteiger partial charge in [0.1, 0.15) is 5.78 Å². The fourth-order valence-corrected chi connectivity index (χ4v) is 1.52. The van der Waals surface area contributed by atoms with Gasteiger partial charge in [0.15, 0.2) is 0 Å². The minimum Gasteiger partial charge on any atom is -0.298 e. The topological polar surface area (TPSA) is 17.1 Å². The van der Waals surface area contributed by atoms with Gasteiger partial charge in [0.25, 0.3) is 0 Å². The summed E-state index contributed by atoms with van der Waals surface area (Å²) in [5.41, 5.74) is 0.796. The van der Waals surface area contributed by atoms with Crippen LogP contribution in [0.5, 0.6) is 0 Å². The second-order valence-electron chi connectivity index (χ2n) is 2.61. The summed E-state index contributed by atoms with van der Waals surface area (Å²) in [6.07, 6.45) is 0.319. The molecule has 0 aliphatic heterocycles. The monoisotopic (exact) mass is 234 g/mol. The summed E-state index contributed by atoms with van der Waals surface area (Å²) in [6.45, 7) is 0. The minimum absolute atomic E-state index is 0.0487. The van der Waals surface area contributed by atoms with Crippen molar-refractivity contribution in [1.29, 1.82) is 0 Å². The number of carbonyl (C=O) groups is 1. The number of hydrogen-bond donors (Lipinski definition) is 1. The van der Waals surface area contributed by atoms with Gasteiger partial charge in [-0.15, -0.1) is 0 Å². The fraction of sp³-hybridized carbons (Fsp3) is 0.222. The Morgan fingerprint density at radius 2 is 2.08 bits per heavy atom. The van der Waals surface area contributed by atoms with E-state index in [0.717, 1.165) is 5.56 Å². The first-order valence-electron chi connectivity index (χ1n) is 3.70. The van der Waals surface area contributed by atoms with Crippen molar-refractivity contribution in [3.05, 3.63) is 33.8 Å². The van der Waals surface area contributed by atoms with Gasteiger partial charge in [-0.05, 0) is 17.7 Å². The molecule has 0 saturated heterocycles. The number of hydrogen-bond acceptors (Lipinski definition) is 2. The molecule has 1 nitrogen and oxygen atoms in total. The van der Waals surface area contributed by atoms with Gasteiger partial charge in [-0.1, -0.05) is 29.3 Å². The first-order valence-corrected chi connectivity index (χ1v) is 5.09. The lowest BCUT2D eigenvalue weighted by atomic mass is 10.1. The number of Topliss-reactive ketones (excluding diaryl/α,β-unsaturated/α-hetero) is 1. The third-order valence-electron chi connectivity index (χ3n) is 1.58. The molecule has 0 atom stereocenters. The minimum atomic E-state index is 0.0487. The average Bonchev–Trinajstić information content (AvgIpc) is 2.09. The molecular formula is C9H8Cl2OS. The Labute approximate surface area is 92.4 Å². The van der Waals surface area contributed by atoms with Crippen molar-refractivity contribution in [2.24, 2.45) is 0 Å². The molecule has 0 heterocycles. The zero-order chi connectivity index (χ0) is 9.84. The smallest absolute Gasteiger partial charge is 0.146 e. The van der Waals surface area contributed by atoms with Crippen LogP contribution in [0.25, 0.3) is 0 Å². The standard InChI is InChI=1S/C9H8Cl2OS/c10-7-2-1-6(9(11)4-7)3-8(12)5-13/h1-2,4,13H,3,5H2. The third kappa shape index (κ3) is 3.22. The summed E-state index contributed by atoms with van der Waals surface area (Å²) in [7, 11) is 0. The third-order valence-corrected chi connectivity index (χ3v) is 2.52. The largest absolute Gasteiger partial charge is 0.298 e. The quantitative estimate of drug-likeness (QED) is 0.797. The van der Waals surface area contributed by atoms with Crippen LogP contribution in [0.4, 0.5) is 0 Å². The lowest BCUT2D eigenvalue weighted by Crippen LogP contribution is -2.04. The van der Waals surface area contributed by atoms with Crippen LogP contribution in [0.3, 0.4) is 0 Å². The maximum Gasteiger partial charge on any atom is 0.146 e. The Morgan fingerprint density at radius 1 is 1.38 bits per heavy atom. The maximum absolute atomic E-state index is 11.1. The summed E-state index contributed by atoms with van der Waals surface area (Å²) in [6, 6.07) is 5.10. The molecule has 0 N–H and O–H groups in total. The van der Waals surface area contributed by atoms with Crippen molar-refractivity contribution >= 4 is 41.6 Å². The molecule has 0 spiro atoms. The molecule has 13 heavy (non-hydrogen) atoms. The van der Waals surface area contributed by atoms with E-state index in [1.165, 1.54) is 0 Å². The first kappa shape index (κ1) is 10.9. The molecule has 0 bridgehead atoms. The van der Waals surface area contributed by atoms with Crippen LogP contribution in [0.15, 0.2) is 18.2 Å². The summed E-state index contributed by atoms with van der Waals surface area (Å²) < 4.78 is 0. The Balaban J connectivity index is 2.83. The molecule has 0 unspecified atom stereocenters. The summed E-state index contributed by atoms with van der Waals surface area (Å²) in [4.78, 5) is 11.1. The van der Waals surface area contributed by atoms with Crippen LogP contribution in [-0.4, -0.2) is 11.5 Å². The van der Waals surface area contributed by atoms with Gasteiger partial charge < -0.3 is 0 Å². The van der Waals surface area contributed by atoms with Crippen LogP contribution in [0, 0.1) is 0 Å². The van der Waals surface area contributed by atoms with Crippen molar-refractivity contribution < 1.29 is 4.79 Å². The van der Waals surface area contributed by atoms with E-state index in [1.807, 2.05) is 0 Å². The van der Waals surface area contributed by atoms with Gasteiger partial charge in [-0.25, -0.2) is 0 Å². The second kappa shape index (κ2) is 4.89. The molecule has 1 aromatic carbocycles. The molecule has 70 valence electrons. The zero-order valence-corrected chi connectivity index (χ0v) is 9.16. The van der Waals surface area contributed by atoms with Crippen LogP contribution in [0.2, 0.25) is 10.0 Å². The van der Waals surface area contributed by atoms with E-state index in [1.54, 1.807) is 18.2 Å². The highest BCUT2D eigenvalue weighted by Crippen LogP contribution is 2.21. The van der Waals surface area contributed by atoms with Crippen LogP contribution in [-0.2, 0) is 11.2 Å². The van der Waals surface area contributed by atoms with Gasteiger partial charge in [-0.3, -0.25) is 4.79 Å². The first-order chi connectivity index (χ1) is 6.13. The number of rotatable bonds is 3. The molecular weight excluding hydrogens is 227 g/mol. The van der Waals surface area contributed by atoms with Crippen molar-refractivity contribution in [2.75, 3.05) is 5.75 Å². The fourth-order valence-electron chi connectivity index (χ4n) is 0.933. The van der Waals surface area contributed by atoms with E-state index < -0.39 is 0 Å². The van der Waals surface area contributed by atoms with Crippen molar-refractivity contribution in [1.82, 2.24) is 0 Å². The summed E-state index contributed by atoms with van der Waals surface area (Å²) in [5.74, 6) is 0.284. The van der Waals surface area contributed by atoms with Crippen molar-refractivity contribution in [2.45, 2.75) is 6.42 Å². The number of ketones is 1. The maximum atomic E-state index is 11.1. The van der Waals surface area contributed by atoms with Gasteiger partial charge in [-0.2, -0.15) is 12.6 Å². The highest BCUT2D eigenvalue weighted by atomic mass is 35.5. The van der Waals surface area contributed by atoms with Gasteiger partial charge >= 0.3 is 0 Å². The predicted octanol–water partition coefficient (Wildman–Crippen LogP) is 3.03. The van der Waals surface area contributed by atoms with E-state index in [0.29, 0.717) is 16.5 Å². The lowest BCUT2D eigenvalue weighted by molar-refractivity contribution is -0.115. The lowest BCUT2D eigenvalue weighted by Gasteiger charge is -2.02. The van der Waals surface area contributed by atoms with Gasteiger partial charge in [0.2, 0.25) is 0 Å². The predicted molar refractivity (Wildman–Crippen MR) is 59.0 cm³/mol. The van der Waals surface area contributed by atoms with Crippen molar-refractivity contribution in [3.63, 3.8) is 0 Å². The molecule has 4 heteroatoms. The van der Waals surface area contributed by atoms with Gasteiger partial charge in [0, 0.05) is 22.2 Å². The Kier molecular flexibility index (Phi) is 4.10. The second-order valence-corrected chi connectivity index (χ2v) is 3.77. The van der Waals surface area contributed by atoms with E-state index in [4.69, 9.17) is 23.2 Å². The van der Waals surface area contributed by atoms with Crippen LogP contribution in [0.1, 0.15) is 5.56 Å². The number of carbonyl (C=O) groups excluding carboxylic acids is 1. The average molecular weight is 235 g/mol. The van der Waals surface area contributed by atoms with Crippen LogP contribution < -0.4 is 0 Å². The SMILES string of the molecule is O=C(CS)Cc1ccc(Cl)cc1Cl. The van der Waals surface area contributed by atoms with E-state index in [2.05, 4.69) is 12.6 Å². The Morgan fingerprint density at radius 3 is 2.62 bits per heavy atom. The molecule has 0 aliphatic rings. The number of thiol groups is 1. The summed E-state index contributed by atoms with van der Waals surface area (Å²) in [5, 5.41) is 1.11. The van der Waals surface area contributed by atoms with Gasteiger partial charge in [0.05, 0.1) is 0 Å². The molecule has 0 fully saturated rings. The normalized spacial score (nSPS) is 10.1. The molecule has 0 aliphatic carbocycles. The number of halogens is 2. The highest BCUT2D eigenvalue weighted by Gasteiger charge is 2.05. The molecule has 0 aromatic heterocycles. The molecule has 1 aromatic rings. The molecule has 0 radical (unpaired) electrons. The number of benzene rings is 1.